The average molecular weight is 212 g/mol. The summed E-state index contributed by atoms with van der Waals surface area (Å²) >= 11 is 0. The summed E-state index contributed by atoms with van der Waals surface area (Å²) < 4.78 is 0. The maximum Gasteiger partial charge on any atom is -0.00213 e. The lowest BCUT2D eigenvalue weighted by Crippen LogP contribution is -2.16. The van der Waals surface area contributed by atoms with E-state index in [1.54, 1.807) is 38.5 Å². The van der Waals surface area contributed by atoms with E-state index < -0.39 is 0 Å². The Kier molecular flexibility index (Phi) is 0.971. The Morgan fingerprint density at radius 1 is 0.625 bits per heavy atom. The molecule has 0 radical (unpaired) electrons. The van der Waals surface area contributed by atoms with Crippen LogP contribution in [-0.2, 0) is 0 Å². The molecule has 0 heterocycles. The SMILES string of the molecule is C(=C/C12C3CCCC1C32)/C12C3CCCC1C32. The van der Waals surface area contributed by atoms with Crippen LogP contribution in [0.5, 0.6) is 0 Å². The van der Waals surface area contributed by atoms with Crippen LogP contribution in [0.3, 0.4) is 0 Å². The van der Waals surface area contributed by atoms with E-state index in [1.807, 2.05) is 0 Å². The summed E-state index contributed by atoms with van der Waals surface area (Å²) in [6.07, 6.45) is 14.9. The quantitative estimate of drug-likeness (QED) is 0.613. The molecule has 0 aromatic rings. The van der Waals surface area contributed by atoms with Crippen LogP contribution < -0.4 is 0 Å². The van der Waals surface area contributed by atoms with Gasteiger partial charge in [-0.15, -0.1) is 0 Å². The molecule has 0 N–H and O–H groups in total. The van der Waals surface area contributed by atoms with Crippen LogP contribution in [-0.4, -0.2) is 0 Å². The third kappa shape index (κ3) is 0.567. The van der Waals surface area contributed by atoms with Gasteiger partial charge in [-0.1, -0.05) is 25.0 Å². The van der Waals surface area contributed by atoms with E-state index in [0.29, 0.717) is 0 Å². The molecule has 6 rings (SSSR count). The molecule has 0 aliphatic heterocycles. The Balaban J connectivity index is 1.30. The fourth-order valence-electron chi connectivity index (χ4n) is 6.85. The molecular weight excluding hydrogens is 192 g/mol. The molecule has 0 saturated heterocycles. The van der Waals surface area contributed by atoms with Crippen molar-refractivity contribution in [3.05, 3.63) is 12.2 Å². The van der Waals surface area contributed by atoms with Crippen LogP contribution in [0, 0.1) is 46.3 Å². The van der Waals surface area contributed by atoms with E-state index in [0.717, 1.165) is 34.5 Å². The third-order valence-corrected chi connectivity index (χ3v) is 7.74. The Bertz CT molecular complexity index is 348. The summed E-state index contributed by atoms with van der Waals surface area (Å²) in [5.74, 6) is 7.02. The second-order valence-corrected chi connectivity index (χ2v) is 7.67. The topological polar surface area (TPSA) is 0 Å². The van der Waals surface area contributed by atoms with Crippen molar-refractivity contribution in [3.63, 3.8) is 0 Å². The third-order valence-electron chi connectivity index (χ3n) is 7.74. The summed E-state index contributed by atoms with van der Waals surface area (Å²) in [6.45, 7) is 0. The minimum absolute atomic E-state index is 0.816. The van der Waals surface area contributed by atoms with Crippen LogP contribution in [0.1, 0.15) is 38.5 Å². The second-order valence-electron chi connectivity index (χ2n) is 7.67. The molecule has 0 aromatic carbocycles. The van der Waals surface area contributed by atoms with Crippen LogP contribution >= 0.6 is 0 Å². The molecule has 0 spiro atoms. The van der Waals surface area contributed by atoms with E-state index >= 15 is 0 Å². The summed E-state index contributed by atoms with van der Waals surface area (Å²) in [7, 11) is 0. The molecule has 6 aliphatic carbocycles. The minimum Gasteiger partial charge on any atom is -0.0808 e. The van der Waals surface area contributed by atoms with Crippen molar-refractivity contribution < 1.29 is 0 Å². The van der Waals surface area contributed by atoms with Gasteiger partial charge in [0, 0.05) is 0 Å². The smallest absolute Gasteiger partial charge is 0.00213 e. The van der Waals surface area contributed by atoms with Crippen molar-refractivity contribution in [2.24, 2.45) is 46.3 Å². The molecule has 0 bridgehead atoms. The normalized spacial score (nSPS) is 75.5. The molecule has 4 unspecified atom stereocenters. The molecule has 0 aromatic heterocycles. The number of rotatable bonds is 2. The molecule has 6 aliphatic rings. The van der Waals surface area contributed by atoms with Gasteiger partial charge in [0.2, 0.25) is 0 Å². The first-order valence-electron chi connectivity index (χ1n) is 7.61. The van der Waals surface area contributed by atoms with Crippen LogP contribution in [0.25, 0.3) is 0 Å². The van der Waals surface area contributed by atoms with Crippen molar-refractivity contribution in [3.8, 4) is 0 Å². The molecule has 0 heteroatoms. The van der Waals surface area contributed by atoms with Gasteiger partial charge in [-0.05, 0) is 72.0 Å². The van der Waals surface area contributed by atoms with Crippen LogP contribution in [0.2, 0.25) is 0 Å². The maximum absolute atomic E-state index is 2.75. The lowest BCUT2D eigenvalue weighted by atomic mass is 9.80. The molecular formula is C16H20. The zero-order valence-corrected chi connectivity index (χ0v) is 9.86. The van der Waals surface area contributed by atoms with Gasteiger partial charge in [0.1, 0.15) is 0 Å². The molecule has 0 amide bonds. The van der Waals surface area contributed by atoms with E-state index in [9.17, 15) is 0 Å². The molecule has 0 nitrogen and oxygen atoms in total. The molecule has 16 heavy (non-hydrogen) atoms. The Hall–Kier alpha value is -0.260. The molecule has 84 valence electrons. The van der Waals surface area contributed by atoms with E-state index in [1.165, 1.54) is 11.8 Å². The highest BCUT2D eigenvalue weighted by atomic mass is 14.9. The summed E-state index contributed by atoms with van der Waals surface area (Å²) in [4.78, 5) is 0. The van der Waals surface area contributed by atoms with Gasteiger partial charge in [0.25, 0.3) is 0 Å². The van der Waals surface area contributed by atoms with Crippen molar-refractivity contribution in [1.29, 1.82) is 0 Å². The fraction of sp³-hybridized carbons (Fsp3) is 0.875. The average Bonchev–Trinajstić information content (AvgIpc) is 3.22. The van der Waals surface area contributed by atoms with Crippen LogP contribution in [0.15, 0.2) is 12.2 Å². The van der Waals surface area contributed by atoms with Gasteiger partial charge in [0.15, 0.2) is 0 Å². The van der Waals surface area contributed by atoms with Gasteiger partial charge < -0.3 is 0 Å². The molecule has 6 fully saturated rings. The van der Waals surface area contributed by atoms with Crippen molar-refractivity contribution >= 4 is 0 Å². The van der Waals surface area contributed by atoms with E-state index in [-0.39, 0.29) is 0 Å². The predicted octanol–water partition coefficient (Wildman–Crippen LogP) is 3.63. The van der Waals surface area contributed by atoms with Crippen molar-refractivity contribution in [1.82, 2.24) is 0 Å². The minimum atomic E-state index is 0.816. The monoisotopic (exact) mass is 212 g/mol. The van der Waals surface area contributed by atoms with E-state index in [4.69, 9.17) is 0 Å². The highest BCUT2D eigenvalue weighted by Crippen LogP contribution is 2.92. The van der Waals surface area contributed by atoms with Gasteiger partial charge in [-0.2, -0.15) is 0 Å². The summed E-state index contributed by atoms with van der Waals surface area (Å²) in [6, 6.07) is 0. The first-order valence-corrected chi connectivity index (χ1v) is 7.61. The van der Waals surface area contributed by atoms with E-state index in [2.05, 4.69) is 12.2 Å². The van der Waals surface area contributed by atoms with Crippen molar-refractivity contribution in [2.75, 3.05) is 0 Å². The van der Waals surface area contributed by atoms with Gasteiger partial charge >= 0.3 is 0 Å². The highest BCUT2D eigenvalue weighted by Gasteiger charge is 2.87. The lowest BCUT2D eigenvalue weighted by Gasteiger charge is -2.25. The van der Waals surface area contributed by atoms with Gasteiger partial charge in [-0.3, -0.25) is 0 Å². The molecule has 6 saturated carbocycles. The first kappa shape index (κ1) is 7.95. The zero-order valence-electron chi connectivity index (χ0n) is 9.86. The fourth-order valence-corrected chi connectivity index (χ4v) is 6.85. The van der Waals surface area contributed by atoms with Crippen LogP contribution in [0.4, 0.5) is 0 Å². The number of hydrogen-bond acceptors (Lipinski definition) is 0. The first-order chi connectivity index (χ1) is 7.91. The standard InChI is InChI=1S/C16H20/c1-3-9-13-10(4-1)15(9,13)7-8-16-11-5-2-6-12(16)14(11)16/h7-14H,1-6H2/b8-7-. The van der Waals surface area contributed by atoms with Gasteiger partial charge in [0.05, 0.1) is 0 Å². The Labute approximate surface area is 97.5 Å². The Morgan fingerprint density at radius 2 is 1.00 bits per heavy atom. The highest BCUT2D eigenvalue weighted by molar-refractivity contribution is 5.45. The number of hydrogen-bond donors (Lipinski definition) is 0. The summed E-state index contributed by atoms with van der Waals surface area (Å²) in [5.41, 5.74) is 1.63. The number of fused-ring (bicyclic) bond motifs is 4. The second kappa shape index (κ2) is 1.95. The number of allylic oxidation sites excluding steroid dienone is 2. The largest absolute Gasteiger partial charge is 0.0808 e. The molecule has 4 atom stereocenters. The summed E-state index contributed by atoms with van der Waals surface area (Å²) in [5, 5.41) is 0. The Morgan fingerprint density at radius 3 is 1.31 bits per heavy atom. The zero-order chi connectivity index (χ0) is 10.1. The predicted molar refractivity (Wildman–Crippen MR) is 62.6 cm³/mol. The van der Waals surface area contributed by atoms with Crippen molar-refractivity contribution in [2.45, 2.75) is 38.5 Å². The maximum atomic E-state index is 2.75. The van der Waals surface area contributed by atoms with Gasteiger partial charge in [-0.25, -0.2) is 0 Å². The lowest BCUT2D eigenvalue weighted by molar-refractivity contribution is 0.292.